The minimum atomic E-state index is 0.714. The van der Waals surface area contributed by atoms with Crippen LogP contribution in [0.4, 0.5) is 0 Å². The Bertz CT molecular complexity index is 256. The maximum atomic E-state index is 4.61. The number of aromatic nitrogens is 1. The summed E-state index contributed by atoms with van der Waals surface area (Å²) < 4.78 is 0. The Morgan fingerprint density at radius 2 is 2.29 bits per heavy atom. The molecule has 0 radical (unpaired) electrons. The Kier molecular flexibility index (Phi) is 5.12. The number of thiazole rings is 1. The lowest BCUT2D eigenvalue weighted by atomic mass is 10.1. The molecule has 1 aromatic rings. The molecule has 0 aliphatic rings. The van der Waals surface area contributed by atoms with Gasteiger partial charge in [0.1, 0.15) is 0 Å². The van der Waals surface area contributed by atoms with E-state index in [9.17, 15) is 0 Å². The standard InChI is InChI=1S/C11H20N2S/c1-9(2)7-11-13-10(8-14-11)5-4-6-12-3/h8-9,12H,4-7H2,1-3H3. The lowest BCUT2D eigenvalue weighted by molar-refractivity contribution is 0.641. The van der Waals surface area contributed by atoms with Crippen molar-refractivity contribution in [2.24, 2.45) is 5.92 Å². The number of rotatable bonds is 6. The van der Waals surface area contributed by atoms with E-state index in [1.165, 1.54) is 17.1 Å². The Morgan fingerprint density at radius 3 is 2.93 bits per heavy atom. The van der Waals surface area contributed by atoms with Crippen LogP contribution in [0.25, 0.3) is 0 Å². The maximum Gasteiger partial charge on any atom is 0.0930 e. The van der Waals surface area contributed by atoms with Crippen molar-refractivity contribution in [3.63, 3.8) is 0 Å². The topological polar surface area (TPSA) is 24.9 Å². The average molecular weight is 212 g/mol. The van der Waals surface area contributed by atoms with E-state index in [2.05, 4.69) is 29.5 Å². The van der Waals surface area contributed by atoms with Crippen molar-refractivity contribution in [3.8, 4) is 0 Å². The van der Waals surface area contributed by atoms with E-state index in [0.717, 1.165) is 19.4 Å². The zero-order valence-electron chi connectivity index (χ0n) is 9.34. The van der Waals surface area contributed by atoms with E-state index in [1.807, 2.05) is 7.05 Å². The van der Waals surface area contributed by atoms with Crippen molar-refractivity contribution in [2.75, 3.05) is 13.6 Å². The van der Waals surface area contributed by atoms with Gasteiger partial charge < -0.3 is 5.32 Å². The largest absolute Gasteiger partial charge is 0.320 e. The molecule has 0 amide bonds. The molecule has 0 unspecified atom stereocenters. The Labute approximate surface area is 90.8 Å². The van der Waals surface area contributed by atoms with E-state index in [-0.39, 0.29) is 0 Å². The molecule has 80 valence electrons. The van der Waals surface area contributed by atoms with Crippen molar-refractivity contribution in [2.45, 2.75) is 33.1 Å². The molecule has 0 saturated carbocycles. The number of hydrogen-bond donors (Lipinski definition) is 1. The first-order valence-electron chi connectivity index (χ1n) is 5.30. The second-order valence-corrected chi connectivity index (χ2v) is 4.98. The molecule has 0 fully saturated rings. The van der Waals surface area contributed by atoms with Gasteiger partial charge in [0.05, 0.1) is 10.7 Å². The van der Waals surface area contributed by atoms with Crippen LogP contribution in [0.5, 0.6) is 0 Å². The van der Waals surface area contributed by atoms with Crippen molar-refractivity contribution in [1.29, 1.82) is 0 Å². The van der Waals surface area contributed by atoms with Crippen molar-refractivity contribution in [1.82, 2.24) is 10.3 Å². The van der Waals surface area contributed by atoms with Gasteiger partial charge in [0.15, 0.2) is 0 Å². The molecule has 1 N–H and O–H groups in total. The lowest BCUT2D eigenvalue weighted by Gasteiger charge is -1.99. The molecule has 0 aliphatic heterocycles. The first kappa shape index (κ1) is 11.7. The highest BCUT2D eigenvalue weighted by atomic mass is 32.1. The third-order valence-corrected chi connectivity index (χ3v) is 2.96. The van der Waals surface area contributed by atoms with Gasteiger partial charge >= 0.3 is 0 Å². The summed E-state index contributed by atoms with van der Waals surface area (Å²) in [6.45, 7) is 5.56. The third kappa shape index (κ3) is 4.20. The molecule has 3 heteroatoms. The zero-order valence-corrected chi connectivity index (χ0v) is 10.2. The molecule has 0 bridgehead atoms. The van der Waals surface area contributed by atoms with Crippen LogP contribution in [0.1, 0.15) is 31.0 Å². The molecule has 0 saturated heterocycles. The van der Waals surface area contributed by atoms with Crippen molar-refractivity contribution < 1.29 is 0 Å². The monoisotopic (exact) mass is 212 g/mol. The van der Waals surface area contributed by atoms with Gasteiger partial charge in [0.25, 0.3) is 0 Å². The summed E-state index contributed by atoms with van der Waals surface area (Å²) in [4.78, 5) is 4.61. The first-order valence-corrected chi connectivity index (χ1v) is 6.18. The molecular formula is C11H20N2S. The third-order valence-electron chi connectivity index (χ3n) is 2.04. The summed E-state index contributed by atoms with van der Waals surface area (Å²) in [5.74, 6) is 0.714. The van der Waals surface area contributed by atoms with Gasteiger partial charge in [-0.3, -0.25) is 0 Å². The zero-order chi connectivity index (χ0) is 10.4. The number of nitrogens with one attached hydrogen (secondary N) is 1. The highest BCUT2D eigenvalue weighted by molar-refractivity contribution is 7.09. The number of aryl methyl sites for hydroxylation is 1. The SMILES string of the molecule is CNCCCc1csc(CC(C)C)n1. The molecule has 1 rings (SSSR count). The van der Waals surface area contributed by atoms with Gasteiger partial charge in [-0.25, -0.2) is 4.98 Å². The lowest BCUT2D eigenvalue weighted by Crippen LogP contribution is -2.08. The van der Waals surface area contributed by atoms with Crippen LogP contribution in [0.2, 0.25) is 0 Å². The molecule has 0 aromatic carbocycles. The van der Waals surface area contributed by atoms with Crippen molar-refractivity contribution in [3.05, 3.63) is 16.1 Å². The fourth-order valence-electron chi connectivity index (χ4n) is 1.35. The average Bonchev–Trinajstić information content (AvgIpc) is 2.52. The van der Waals surface area contributed by atoms with Gasteiger partial charge in [-0.15, -0.1) is 11.3 Å². The fourth-order valence-corrected chi connectivity index (χ4v) is 2.40. The molecule has 2 nitrogen and oxygen atoms in total. The summed E-state index contributed by atoms with van der Waals surface area (Å²) in [6.07, 6.45) is 3.41. The van der Waals surface area contributed by atoms with Gasteiger partial charge in [0, 0.05) is 11.8 Å². The van der Waals surface area contributed by atoms with E-state index in [4.69, 9.17) is 0 Å². The Balaban J connectivity index is 2.35. The van der Waals surface area contributed by atoms with E-state index in [0.29, 0.717) is 5.92 Å². The summed E-state index contributed by atoms with van der Waals surface area (Å²) >= 11 is 1.80. The van der Waals surface area contributed by atoms with Gasteiger partial charge in [-0.1, -0.05) is 13.8 Å². The van der Waals surface area contributed by atoms with Crippen LogP contribution in [-0.4, -0.2) is 18.6 Å². The van der Waals surface area contributed by atoms with Gasteiger partial charge in [-0.2, -0.15) is 0 Å². The quantitative estimate of drug-likeness (QED) is 0.733. The molecule has 1 aromatic heterocycles. The Hall–Kier alpha value is -0.410. The van der Waals surface area contributed by atoms with Gasteiger partial charge in [-0.05, 0) is 32.4 Å². The van der Waals surface area contributed by atoms with Crippen LogP contribution < -0.4 is 5.32 Å². The van der Waals surface area contributed by atoms with E-state index in [1.54, 1.807) is 11.3 Å². The minimum absolute atomic E-state index is 0.714. The maximum absolute atomic E-state index is 4.61. The number of nitrogens with zero attached hydrogens (tertiary/aromatic N) is 1. The molecule has 0 spiro atoms. The predicted octanol–water partition coefficient (Wildman–Crippen LogP) is 2.49. The number of hydrogen-bond acceptors (Lipinski definition) is 3. The summed E-state index contributed by atoms with van der Waals surface area (Å²) in [6, 6.07) is 0. The molecule has 14 heavy (non-hydrogen) atoms. The first-order chi connectivity index (χ1) is 6.72. The summed E-state index contributed by atoms with van der Waals surface area (Å²) in [5, 5.41) is 6.65. The second-order valence-electron chi connectivity index (χ2n) is 4.04. The minimum Gasteiger partial charge on any atom is -0.320 e. The molecular weight excluding hydrogens is 192 g/mol. The van der Waals surface area contributed by atoms with Crippen LogP contribution in [0, 0.1) is 5.92 Å². The van der Waals surface area contributed by atoms with E-state index < -0.39 is 0 Å². The van der Waals surface area contributed by atoms with Gasteiger partial charge in [0.2, 0.25) is 0 Å². The smallest absolute Gasteiger partial charge is 0.0930 e. The summed E-state index contributed by atoms with van der Waals surface area (Å²) in [7, 11) is 1.99. The second kappa shape index (κ2) is 6.14. The predicted molar refractivity (Wildman–Crippen MR) is 62.9 cm³/mol. The molecule has 0 aliphatic carbocycles. The normalized spacial score (nSPS) is 11.1. The van der Waals surface area contributed by atoms with Crippen LogP contribution >= 0.6 is 11.3 Å². The van der Waals surface area contributed by atoms with E-state index >= 15 is 0 Å². The van der Waals surface area contributed by atoms with Crippen LogP contribution in [0.15, 0.2) is 5.38 Å². The fraction of sp³-hybridized carbons (Fsp3) is 0.727. The summed E-state index contributed by atoms with van der Waals surface area (Å²) in [5.41, 5.74) is 1.26. The van der Waals surface area contributed by atoms with Crippen molar-refractivity contribution >= 4 is 11.3 Å². The highest BCUT2D eigenvalue weighted by Gasteiger charge is 2.03. The highest BCUT2D eigenvalue weighted by Crippen LogP contribution is 2.15. The Morgan fingerprint density at radius 1 is 1.50 bits per heavy atom. The molecule has 0 atom stereocenters. The van der Waals surface area contributed by atoms with Crippen LogP contribution in [0.3, 0.4) is 0 Å². The van der Waals surface area contributed by atoms with Crippen LogP contribution in [-0.2, 0) is 12.8 Å². The molecule has 1 heterocycles.